The van der Waals surface area contributed by atoms with Crippen molar-refractivity contribution < 1.29 is 19.1 Å². The lowest BCUT2D eigenvalue weighted by molar-refractivity contribution is -0.145. The molecule has 0 spiro atoms. The van der Waals surface area contributed by atoms with Crippen LogP contribution in [0.2, 0.25) is 0 Å². The normalized spacial score (nSPS) is 18.8. The average molecular weight is 282 g/mol. The molecule has 0 aromatic carbocycles. The first kappa shape index (κ1) is 13.7. The van der Waals surface area contributed by atoms with Crippen molar-refractivity contribution >= 4 is 34.1 Å². The van der Waals surface area contributed by atoms with Gasteiger partial charge >= 0.3 is 5.97 Å². The molecule has 1 unspecified atom stereocenters. The average Bonchev–Trinajstić information content (AvgIpc) is 2.91. The van der Waals surface area contributed by atoms with E-state index in [1.807, 2.05) is 0 Å². The third-order valence-corrected chi connectivity index (χ3v) is 4.28. The standard InChI is InChI=1S/C12H14N2O4S/c1-6-10(7(2)15)19-12(13-6)14-5-8(4-9(14)16)11(17)18-3/h8H,4-5H2,1-3H3. The number of esters is 1. The van der Waals surface area contributed by atoms with Gasteiger partial charge in [0.1, 0.15) is 0 Å². The van der Waals surface area contributed by atoms with Gasteiger partial charge < -0.3 is 4.74 Å². The molecule has 1 aliphatic heterocycles. The van der Waals surface area contributed by atoms with Crippen molar-refractivity contribution in [2.24, 2.45) is 5.92 Å². The summed E-state index contributed by atoms with van der Waals surface area (Å²) in [6, 6.07) is 0. The van der Waals surface area contributed by atoms with Crippen LogP contribution in [0.4, 0.5) is 5.13 Å². The number of aromatic nitrogens is 1. The number of methoxy groups -OCH3 is 1. The molecule has 102 valence electrons. The molecule has 6 nitrogen and oxygen atoms in total. The Kier molecular flexibility index (Phi) is 3.66. The Labute approximate surface area is 114 Å². The molecule has 1 aromatic rings. The Hall–Kier alpha value is -1.76. The number of ketones is 1. The van der Waals surface area contributed by atoms with Crippen LogP contribution in [-0.4, -0.2) is 36.3 Å². The van der Waals surface area contributed by atoms with Crippen molar-refractivity contribution in [2.75, 3.05) is 18.6 Å². The number of amides is 1. The second-order valence-corrected chi connectivity index (χ2v) is 5.37. The van der Waals surface area contributed by atoms with Crippen molar-refractivity contribution in [3.05, 3.63) is 10.6 Å². The molecule has 2 heterocycles. The molecule has 1 fully saturated rings. The molecule has 7 heteroatoms. The summed E-state index contributed by atoms with van der Waals surface area (Å²) in [7, 11) is 1.30. The molecule has 19 heavy (non-hydrogen) atoms. The Morgan fingerprint density at radius 1 is 1.47 bits per heavy atom. The third kappa shape index (κ3) is 2.51. The second kappa shape index (κ2) is 5.08. The van der Waals surface area contributed by atoms with Crippen LogP contribution >= 0.6 is 11.3 Å². The zero-order valence-electron chi connectivity index (χ0n) is 10.9. The molecule has 0 aliphatic carbocycles. The molecule has 0 saturated carbocycles. The fourth-order valence-electron chi connectivity index (χ4n) is 2.04. The summed E-state index contributed by atoms with van der Waals surface area (Å²) in [5.74, 6) is -1.09. The number of thiazole rings is 1. The van der Waals surface area contributed by atoms with E-state index in [0.717, 1.165) is 0 Å². The van der Waals surface area contributed by atoms with Gasteiger partial charge in [-0.05, 0) is 6.92 Å². The molecule has 1 aromatic heterocycles. The van der Waals surface area contributed by atoms with Gasteiger partial charge in [0.05, 0.1) is 23.6 Å². The molecule has 0 N–H and O–H groups in total. The van der Waals surface area contributed by atoms with Crippen LogP contribution < -0.4 is 4.90 Å². The summed E-state index contributed by atoms with van der Waals surface area (Å²) in [5.41, 5.74) is 0.613. The van der Waals surface area contributed by atoms with E-state index < -0.39 is 11.9 Å². The van der Waals surface area contributed by atoms with Gasteiger partial charge in [-0.1, -0.05) is 11.3 Å². The van der Waals surface area contributed by atoms with E-state index in [2.05, 4.69) is 9.72 Å². The minimum atomic E-state index is -0.456. The Morgan fingerprint density at radius 3 is 2.68 bits per heavy atom. The van der Waals surface area contributed by atoms with Crippen LogP contribution in [0.15, 0.2) is 0 Å². The first-order valence-electron chi connectivity index (χ1n) is 5.80. The number of aryl methyl sites for hydroxylation is 1. The van der Waals surface area contributed by atoms with E-state index in [4.69, 9.17) is 0 Å². The van der Waals surface area contributed by atoms with Crippen LogP contribution in [0.25, 0.3) is 0 Å². The number of anilines is 1. The van der Waals surface area contributed by atoms with Crippen molar-refractivity contribution in [1.29, 1.82) is 0 Å². The number of carbonyl (C=O) groups is 3. The van der Waals surface area contributed by atoms with Crippen LogP contribution in [0, 0.1) is 12.8 Å². The van der Waals surface area contributed by atoms with E-state index in [-0.39, 0.29) is 24.7 Å². The summed E-state index contributed by atoms with van der Waals surface area (Å²) in [4.78, 5) is 41.0. The SMILES string of the molecule is COC(=O)C1CC(=O)N(c2nc(C)c(C(C)=O)s2)C1. The predicted octanol–water partition coefficient (Wildman–Crippen LogP) is 1.18. The lowest BCUT2D eigenvalue weighted by Crippen LogP contribution is -2.26. The molecule has 2 rings (SSSR count). The molecule has 0 radical (unpaired) electrons. The molecule has 1 saturated heterocycles. The molecule has 1 amide bonds. The van der Waals surface area contributed by atoms with Crippen LogP contribution in [-0.2, 0) is 14.3 Å². The number of Topliss-reactive ketones (excluding diaryl/α,β-unsaturated/α-hetero) is 1. The summed E-state index contributed by atoms with van der Waals surface area (Å²) in [6.45, 7) is 3.46. The number of nitrogens with zero attached hydrogens (tertiary/aromatic N) is 2. The molecule has 0 bridgehead atoms. The topological polar surface area (TPSA) is 76.6 Å². The lowest BCUT2D eigenvalue weighted by Gasteiger charge is -2.11. The fourth-order valence-corrected chi connectivity index (χ4v) is 3.03. The van der Waals surface area contributed by atoms with E-state index in [9.17, 15) is 14.4 Å². The Bertz CT molecular complexity index is 552. The highest BCUT2D eigenvalue weighted by Crippen LogP contribution is 2.31. The highest BCUT2D eigenvalue weighted by Gasteiger charge is 2.37. The van der Waals surface area contributed by atoms with Gasteiger partial charge in [-0.25, -0.2) is 4.98 Å². The number of hydrogen-bond acceptors (Lipinski definition) is 6. The summed E-state index contributed by atoms with van der Waals surface area (Å²) < 4.78 is 4.64. The van der Waals surface area contributed by atoms with E-state index in [1.54, 1.807) is 6.92 Å². The van der Waals surface area contributed by atoms with E-state index >= 15 is 0 Å². The van der Waals surface area contributed by atoms with Crippen LogP contribution in [0.3, 0.4) is 0 Å². The smallest absolute Gasteiger partial charge is 0.311 e. The molecular formula is C12H14N2O4S. The van der Waals surface area contributed by atoms with Gasteiger partial charge in [-0.15, -0.1) is 0 Å². The van der Waals surface area contributed by atoms with Crippen molar-refractivity contribution in [1.82, 2.24) is 4.98 Å². The van der Waals surface area contributed by atoms with Crippen molar-refractivity contribution in [3.8, 4) is 0 Å². The summed E-state index contributed by atoms with van der Waals surface area (Å²) in [6.07, 6.45) is 0.126. The predicted molar refractivity (Wildman–Crippen MR) is 69.3 cm³/mol. The molecular weight excluding hydrogens is 268 g/mol. The lowest BCUT2D eigenvalue weighted by atomic mass is 10.1. The largest absolute Gasteiger partial charge is 0.469 e. The van der Waals surface area contributed by atoms with Gasteiger partial charge in [0.15, 0.2) is 10.9 Å². The summed E-state index contributed by atoms with van der Waals surface area (Å²) >= 11 is 1.18. The van der Waals surface area contributed by atoms with Crippen LogP contribution in [0.5, 0.6) is 0 Å². The number of ether oxygens (including phenoxy) is 1. The van der Waals surface area contributed by atoms with Gasteiger partial charge in [0.2, 0.25) is 5.91 Å². The first-order chi connectivity index (χ1) is 8.93. The van der Waals surface area contributed by atoms with Crippen molar-refractivity contribution in [3.63, 3.8) is 0 Å². The number of carbonyl (C=O) groups excluding carboxylic acids is 3. The highest BCUT2D eigenvalue weighted by molar-refractivity contribution is 7.17. The summed E-state index contributed by atoms with van der Waals surface area (Å²) in [5, 5.41) is 0.471. The van der Waals surface area contributed by atoms with Crippen molar-refractivity contribution in [2.45, 2.75) is 20.3 Å². The van der Waals surface area contributed by atoms with E-state index in [1.165, 1.54) is 30.3 Å². The quantitative estimate of drug-likeness (QED) is 0.614. The monoisotopic (exact) mass is 282 g/mol. The number of rotatable bonds is 3. The second-order valence-electron chi connectivity index (χ2n) is 4.40. The molecule has 1 atom stereocenters. The third-order valence-electron chi connectivity index (χ3n) is 3.00. The maximum Gasteiger partial charge on any atom is 0.311 e. The zero-order valence-corrected chi connectivity index (χ0v) is 11.7. The van der Waals surface area contributed by atoms with Crippen LogP contribution in [0.1, 0.15) is 28.7 Å². The van der Waals surface area contributed by atoms with Gasteiger partial charge in [0, 0.05) is 19.9 Å². The van der Waals surface area contributed by atoms with Gasteiger partial charge in [-0.2, -0.15) is 0 Å². The Balaban J connectivity index is 2.23. The maximum absolute atomic E-state index is 11.9. The highest BCUT2D eigenvalue weighted by atomic mass is 32.1. The Morgan fingerprint density at radius 2 is 2.16 bits per heavy atom. The minimum Gasteiger partial charge on any atom is -0.469 e. The van der Waals surface area contributed by atoms with Gasteiger partial charge in [0.25, 0.3) is 0 Å². The fraction of sp³-hybridized carbons (Fsp3) is 0.500. The maximum atomic E-state index is 11.9. The van der Waals surface area contributed by atoms with E-state index in [0.29, 0.717) is 15.7 Å². The minimum absolute atomic E-state index is 0.0718. The molecule has 1 aliphatic rings. The zero-order chi connectivity index (χ0) is 14.2. The first-order valence-corrected chi connectivity index (χ1v) is 6.62. The van der Waals surface area contributed by atoms with Gasteiger partial charge in [-0.3, -0.25) is 19.3 Å². The number of hydrogen-bond donors (Lipinski definition) is 0.